The van der Waals surface area contributed by atoms with Gasteiger partial charge in [-0.05, 0) is 75.1 Å². The predicted octanol–water partition coefficient (Wildman–Crippen LogP) is 4.62. The summed E-state index contributed by atoms with van der Waals surface area (Å²) in [4.78, 5) is 22.1. The van der Waals surface area contributed by atoms with Crippen LogP contribution in [0.3, 0.4) is 0 Å². The first-order valence-electron chi connectivity index (χ1n) is 12.5. The Morgan fingerprint density at radius 3 is 2.43 bits per heavy atom. The maximum absolute atomic E-state index is 12.7. The number of halogens is 1. The topological polar surface area (TPSA) is 74.5 Å². The van der Waals surface area contributed by atoms with Crippen LogP contribution in [0.2, 0.25) is 0 Å². The first-order valence-corrected chi connectivity index (χ1v) is 13.3. The maximum Gasteiger partial charge on any atom is 0.241 e. The number of nitrogens with one attached hydrogen (secondary N) is 1. The van der Waals surface area contributed by atoms with Crippen LogP contribution in [0.15, 0.2) is 57.5 Å². The number of nitrogens with zero attached hydrogens (tertiary/aromatic N) is 4. The molecule has 0 radical (unpaired) electrons. The fourth-order valence-electron chi connectivity index (χ4n) is 4.90. The molecular weight excluding hydrogens is 506 g/mol. The van der Waals surface area contributed by atoms with Crippen molar-refractivity contribution in [2.24, 2.45) is 5.92 Å². The van der Waals surface area contributed by atoms with Crippen LogP contribution in [-0.4, -0.2) is 52.0 Å². The molecule has 1 amide bonds. The number of piperidine rings is 1. The van der Waals surface area contributed by atoms with E-state index in [1.54, 1.807) is 0 Å². The van der Waals surface area contributed by atoms with Gasteiger partial charge in [0, 0.05) is 29.0 Å². The van der Waals surface area contributed by atoms with Crippen LogP contribution in [0.4, 0.5) is 0 Å². The molecule has 1 aromatic heterocycles. The Morgan fingerprint density at radius 2 is 1.69 bits per heavy atom. The fourth-order valence-corrected chi connectivity index (χ4v) is 5.30. The number of benzene rings is 2. The Kier molecular flexibility index (Phi) is 7.91. The number of carbonyl (C=O) groups is 1. The number of aromatic nitrogens is 2. The van der Waals surface area contributed by atoms with E-state index >= 15 is 0 Å². The van der Waals surface area contributed by atoms with Gasteiger partial charge in [0.25, 0.3) is 0 Å². The third-order valence-electron chi connectivity index (χ3n) is 6.96. The normalized spacial score (nSPS) is 17.6. The van der Waals surface area contributed by atoms with Crippen molar-refractivity contribution in [2.75, 3.05) is 26.2 Å². The van der Waals surface area contributed by atoms with Gasteiger partial charge in [-0.2, -0.15) is 4.98 Å². The van der Waals surface area contributed by atoms with Crippen molar-refractivity contribution in [3.05, 3.63) is 70.0 Å². The van der Waals surface area contributed by atoms with Crippen LogP contribution < -0.4 is 5.32 Å². The van der Waals surface area contributed by atoms with E-state index in [2.05, 4.69) is 65.5 Å². The van der Waals surface area contributed by atoms with E-state index in [9.17, 15) is 4.79 Å². The first-order chi connectivity index (χ1) is 17.1. The molecule has 7 nitrogen and oxygen atoms in total. The number of amides is 1. The third kappa shape index (κ3) is 6.57. The molecule has 0 bridgehead atoms. The number of carbonyl (C=O) groups excluding carboxylic acids is 1. The van der Waals surface area contributed by atoms with E-state index in [1.807, 2.05) is 24.3 Å². The van der Waals surface area contributed by atoms with Gasteiger partial charge in [0.1, 0.15) is 0 Å². The van der Waals surface area contributed by atoms with Crippen LogP contribution >= 0.6 is 15.9 Å². The van der Waals surface area contributed by atoms with Crippen molar-refractivity contribution in [1.29, 1.82) is 0 Å². The average Bonchev–Trinajstić information content (AvgIpc) is 3.56. The molecule has 2 saturated heterocycles. The molecule has 2 aromatic carbocycles. The molecule has 0 aliphatic carbocycles. The number of likely N-dealkylation sites (tertiary alicyclic amines) is 2. The second-order valence-electron chi connectivity index (χ2n) is 9.59. The Labute approximate surface area is 215 Å². The second-order valence-corrected chi connectivity index (χ2v) is 10.5. The lowest BCUT2D eigenvalue weighted by Gasteiger charge is -2.30. The van der Waals surface area contributed by atoms with Gasteiger partial charge in [0.05, 0.1) is 6.54 Å². The summed E-state index contributed by atoms with van der Waals surface area (Å²) in [5.74, 6) is 1.41. The van der Waals surface area contributed by atoms with Crippen molar-refractivity contribution in [3.8, 4) is 11.4 Å². The number of rotatable bonds is 8. The molecule has 35 heavy (non-hydrogen) atoms. The summed E-state index contributed by atoms with van der Waals surface area (Å²) in [7, 11) is 0. The summed E-state index contributed by atoms with van der Waals surface area (Å²) in [6.07, 6.45) is 4.31. The van der Waals surface area contributed by atoms with Crippen molar-refractivity contribution in [1.82, 2.24) is 25.3 Å². The molecule has 0 unspecified atom stereocenters. The zero-order valence-electron chi connectivity index (χ0n) is 20.0. The van der Waals surface area contributed by atoms with E-state index in [-0.39, 0.29) is 11.8 Å². The summed E-state index contributed by atoms with van der Waals surface area (Å²) in [5.41, 5.74) is 3.42. The van der Waals surface area contributed by atoms with Gasteiger partial charge in [-0.3, -0.25) is 14.6 Å². The minimum Gasteiger partial charge on any atom is -0.352 e. The summed E-state index contributed by atoms with van der Waals surface area (Å²) in [6, 6.07) is 16.5. The molecular formula is C27H32BrN5O2. The fraction of sp³-hybridized carbons (Fsp3) is 0.444. The van der Waals surface area contributed by atoms with E-state index in [0.29, 0.717) is 24.8 Å². The van der Waals surface area contributed by atoms with Crippen molar-refractivity contribution in [2.45, 2.75) is 45.3 Å². The van der Waals surface area contributed by atoms with Gasteiger partial charge in [-0.15, -0.1) is 0 Å². The van der Waals surface area contributed by atoms with Gasteiger partial charge in [0.15, 0.2) is 0 Å². The second kappa shape index (κ2) is 11.5. The lowest BCUT2D eigenvalue weighted by molar-refractivity contribution is -0.126. The van der Waals surface area contributed by atoms with E-state index < -0.39 is 0 Å². The monoisotopic (exact) mass is 537 g/mol. The van der Waals surface area contributed by atoms with Crippen molar-refractivity contribution in [3.63, 3.8) is 0 Å². The smallest absolute Gasteiger partial charge is 0.241 e. The van der Waals surface area contributed by atoms with Crippen LogP contribution in [0.5, 0.6) is 0 Å². The maximum atomic E-state index is 12.7. The highest BCUT2D eigenvalue weighted by Gasteiger charge is 2.26. The van der Waals surface area contributed by atoms with Crippen molar-refractivity contribution >= 4 is 21.8 Å². The molecule has 0 spiro atoms. The zero-order chi connectivity index (χ0) is 24.0. The summed E-state index contributed by atoms with van der Waals surface area (Å²) in [6.45, 7) is 6.33. The van der Waals surface area contributed by atoms with E-state index in [4.69, 9.17) is 4.52 Å². The molecule has 0 saturated carbocycles. The minimum atomic E-state index is 0.0561. The van der Waals surface area contributed by atoms with Crippen LogP contribution in [0.1, 0.15) is 42.7 Å². The Balaban J connectivity index is 1.04. The largest absolute Gasteiger partial charge is 0.352 e. The van der Waals surface area contributed by atoms with Gasteiger partial charge < -0.3 is 9.84 Å². The highest BCUT2D eigenvalue weighted by atomic mass is 79.9. The predicted molar refractivity (Wildman–Crippen MR) is 138 cm³/mol. The molecule has 2 fully saturated rings. The first kappa shape index (κ1) is 24.2. The van der Waals surface area contributed by atoms with Gasteiger partial charge in [-0.1, -0.05) is 57.5 Å². The molecule has 2 aliphatic rings. The summed E-state index contributed by atoms with van der Waals surface area (Å²) >= 11 is 3.48. The van der Waals surface area contributed by atoms with Crippen LogP contribution in [0, 0.1) is 5.92 Å². The molecule has 0 atom stereocenters. The highest BCUT2D eigenvalue weighted by Crippen LogP contribution is 2.23. The number of hydrogen-bond acceptors (Lipinski definition) is 6. The minimum absolute atomic E-state index is 0.0561. The number of hydrogen-bond donors (Lipinski definition) is 1. The highest BCUT2D eigenvalue weighted by molar-refractivity contribution is 9.10. The molecule has 5 rings (SSSR count). The molecule has 2 aliphatic heterocycles. The van der Waals surface area contributed by atoms with E-state index in [0.717, 1.165) is 48.1 Å². The molecule has 3 aromatic rings. The van der Waals surface area contributed by atoms with Crippen molar-refractivity contribution < 1.29 is 9.32 Å². The molecule has 3 heterocycles. The lowest BCUT2D eigenvalue weighted by atomic mass is 9.96. The summed E-state index contributed by atoms with van der Waals surface area (Å²) < 4.78 is 6.45. The molecule has 8 heteroatoms. The molecule has 184 valence electrons. The Hall–Kier alpha value is -2.55. The average molecular weight is 538 g/mol. The van der Waals surface area contributed by atoms with Gasteiger partial charge >= 0.3 is 0 Å². The zero-order valence-corrected chi connectivity index (χ0v) is 21.5. The summed E-state index contributed by atoms with van der Waals surface area (Å²) in [5, 5.41) is 7.26. The lowest BCUT2D eigenvalue weighted by Crippen LogP contribution is -2.40. The van der Waals surface area contributed by atoms with Gasteiger partial charge in [-0.25, -0.2) is 0 Å². The molecule has 1 N–H and O–H groups in total. The SMILES string of the molecule is O=C(NCc1ccc(CN2CCCC2)cc1)C1CCN(Cc2nc(-c3cccc(Br)c3)no2)CC1. The Bertz CT molecular complexity index is 1120. The third-order valence-corrected chi connectivity index (χ3v) is 7.46. The quantitative estimate of drug-likeness (QED) is 0.451. The Morgan fingerprint density at radius 1 is 0.971 bits per heavy atom. The standard InChI is InChI=1S/C27H32BrN5O2/c28-24-5-3-4-23(16-24)26-30-25(35-31-26)19-33-14-10-22(11-15-33)27(34)29-17-20-6-8-21(9-7-20)18-32-12-1-2-13-32/h3-9,16,22H,1-2,10-15,17-19H2,(H,29,34). The van der Waals surface area contributed by atoms with E-state index in [1.165, 1.54) is 31.5 Å². The van der Waals surface area contributed by atoms with Crippen LogP contribution in [-0.2, 0) is 24.4 Å². The van der Waals surface area contributed by atoms with Gasteiger partial charge in [0.2, 0.25) is 17.6 Å². The van der Waals surface area contributed by atoms with Crippen LogP contribution in [0.25, 0.3) is 11.4 Å².